The number of rotatable bonds is 6. The maximum absolute atomic E-state index is 5.75. The molecular formula is C55H43N3. The number of aromatic nitrogens is 1. The van der Waals surface area contributed by atoms with E-state index in [1.807, 2.05) is 0 Å². The second-order valence-corrected chi connectivity index (χ2v) is 15.3. The SMILES string of the molecule is C=C(N=C(C(=NCC)c1ccccc1)n1c2ccccc2c2c3ccccc3c(-c3c(C)ccc4ccccc34)c(C)c21)c1c(C)c2ccccc2c2ccccc12. The Kier molecular flexibility index (Phi) is 8.60. The van der Waals surface area contributed by atoms with Crippen LogP contribution in [-0.4, -0.2) is 22.7 Å². The lowest BCUT2D eigenvalue weighted by molar-refractivity contribution is 1.13. The van der Waals surface area contributed by atoms with E-state index < -0.39 is 0 Å². The van der Waals surface area contributed by atoms with Crippen LogP contribution in [0.4, 0.5) is 0 Å². The fourth-order valence-electron chi connectivity index (χ4n) is 9.49. The van der Waals surface area contributed by atoms with E-state index in [2.05, 4.69) is 196 Å². The first-order chi connectivity index (χ1) is 28.5. The zero-order valence-electron chi connectivity index (χ0n) is 33.3. The first kappa shape index (κ1) is 35.3. The highest BCUT2D eigenvalue weighted by atomic mass is 15.1. The second-order valence-electron chi connectivity index (χ2n) is 15.3. The molecule has 3 nitrogen and oxygen atoms in total. The normalized spacial score (nSPS) is 12.5. The lowest BCUT2D eigenvalue weighted by Gasteiger charge is -2.21. The van der Waals surface area contributed by atoms with Gasteiger partial charge in [-0.05, 0) is 105 Å². The summed E-state index contributed by atoms with van der Waals surface area (Å²) in [6, 6.07) is 58.8. The Labute approximate surface area is 338 Å². The third kappa shape index (κ3) is 5.42. The number of hydrogen-bond acceptors (Lipinski definition) is 2. The Balaban J connectivity index is 1.38. The standard InChI is InChI=1S/C55H43N3/c1-6-56-53(39-21-8-7-9-22-39)55(57-37(5)50-35(3)40-23-12-13-25-42(40)43-26-14-15-27-44(43)50)58-48-31-19-18-30-47(48)52-46-29-17-16-28-45(46)51(36(4)54(52)58)49-34(2)32-33-38-20-10-11-24-41(38)49/h7-33H,5-6H2,1-4H3. The van der Waals surface area contributed by atoms with Crippen molar-refractivity contribution in [2.75, 3.05) is 6.54 Å². The molecule has 0 saturated carbocycles. The number of fused-ring (bicyclic) bond motifs is 9. The van der Waals surface area contributed by atoms with Crippen molar-refractivity contribution in [3.05, 3.63) is 198 Å². The lowest BCUT2D eigenvalue weighted by atomic mass is 9.86. The van der Waals surface area contributed by atoms with Crippen molar-refractivity contribution in [3.8, 4) is 11.1 Å². The third-order valence-corrected chi connectivity index (χ3v) is 12.0. The van der Waals surface area contributed by atoms with Gasteiger partial charge in [-0.2, -0.15) is 0 Å². The van der Waals surface area contributed by atoms with E-state index in [0.717, 1.165) is 44.7 Å². The maximum Gasteiger partial charge on any atom is 0.164 e. The van der Waals surface area contributed by atoms with E-state index in [-0.39, 0.29) is 0 Å². The van der Waals surface area contributed by atoms with Gasteiger partial charge in [0.05, 0.1) is 16.7 Å². The van der Waals surface area contributed by atoms with Crippen LogP contribution in [0.3, 0.4) is 0 Å². The molecule has 0 unspecified atom stereocenters. The zero-order chi connectivity index (χ0) is 39.5. The van der Waals surface area contributed by atoms with Crippen LogP contribution in [-0.2, 0) is 0 Å². The van der Waals surface area contributed by atoms with Gasteiger partial charge in [0, 0.05) is 28.4 Å². The summed E-state index contributed by atoms with van der Waals surface area (Å²) in [5, 5.41) is 12.1. The number of para-hydroxylation sites is 1. The van der Waals surface area contributed by atoms with E-state index in [1.165, 1.54) is 70.7 Å². The molecule has 10 aromatic rings. The van der Waals surface area contributed by atoms with Gasteiger partial charge in [-0.3, -0.25) is 9.56 Å². The Bertz CT molecular complexity index is 3360. The smallest absolute Gasteiger partial charge is 0.164 e. The molecular weight excluding hydrogens is 703 g/mol. The molecule has 10 rings (SSSR count). The van der Waals surface area contributed by atoms with Crippen molar-refractivity contribution < 1.29 is 0 Å². The van der Waals surface area contributed by atoms with Gasteiger partial charge in [-0.15, -0.1) is 0 Å². The number of benzene rings is 9. The van der Waals surface area contributed by atoms with E-state index in [1.54, 1.807) is 0 Å². The largest absolute Gasteiger partial charge is 0.292 e. The monoisotopic (exact) mass is 745 g/mol. The minimum atomic E-state index is 0.590. The zero-order valence-corrected chi connectivity index (χ0v) is 33.3. The van der Waals surface area contributed by atoms with Crippen LogP contribution in [0.5, 0.6) is 0 Å². The molecule has 58 heavy (non-hydrogen) atoms. The summed E-state index contributed by atoms with van der Waals surface area (Å²) in [7, 11) is 0. The highest BCUT2D eigenvalue weighted by Gasteiger charge is 2.27. The summed E-state index contributed by atoms with van der Waals surface area (Å²) in [6.45, 7) is 14.3. The number of nitrogens with zero attached hydrogens (tertiary/aromatic N) is 3. The first-order valence-electron chi connectivity index (χ1n) is 20.2. The van der Waals surface area contributed by atoms with Crippen LogP contribution in [0.15, 0.2) is 180 Å². The van der Waals surface area contributed by atoms with Gasteiger partial charge >= 0.3 is 0 Å². The first-order valence-corrected chi connectivity index (χ1v) is 20.2. The fourth-order valence-corrected chi connectivity index (χ4v) is 9.49. The average molecular weight is 746 g/mol. The Morgan fingerprint density at radius 1 is 0.517 bits per heavy atom. The predicted octanol–water partition coefficient (Wildman–Crippen LogP) is 14.4. The van der Waals surface area contributed by atoms with Gasteiger partial charge in [0.25, 0.3) is 0 Å². The van der Waals surface area contributed by atoms with Gasteiger partial charge in [0.2, 0.25) is 0 Å². The quantitative estimate of drug-likeness (QED) is 0.0922. The molecule has 3 heteroatoms. The van der Waals surface area contributed by atoms with Crippen LogP contribution < -0.4 is 0 Å². The Morgan fingerprint density at radius 2 is 1.09 bits per heavy atom. The van der Waals surface area contributed by atoms with Crippen LogP contribution in [0.25, 0.3) is 81.7 Å². The highest BCUT2D eigenvalue weighted by molar-refractivity contribution is 6.51. The van der Waals surface area contributed by atoms with Crippen molar-refractivity contribution in [2.24, 2.45) is 9.98 Å². The molecule has 0 radical (unpaired) electrons. The molecule has 0 atom stereocenters. The fraction of sp³-hybridized carbons (Fsp3) is 0.0909. The van der Waals surface area contributed by atoms with Crippen molar-refractivity contribution in [3.63, 3.8) is 0 Å². The lowest BCUT2D eigenvalue weighted by Crippen LogP contribution is -2.25. The van der Waals surface area contributed by atoms with E-state index in [4.69, 9.17) is 16.6 Å². The molecule has 0 fully saturated rings. The van der Waals surface area contributed by atoms with Crippen molar-refractivity contribution in [2.45, 2.75) is 27.7 Å². The van der Waals surface area contributed by atoms with Crippen molar-refractivity contribution in [1.82, 2.24) is 4.57 Å². The maximum atomic E-state index is 5.75. The summed E-state index contributed by atoms with van der Waals surface area (Å²) in [5.41, 5.74) is 11.9. The minimum absolute atomic E-state index is 0.590. The van der Waals surface area contributed by atoms with Crippen LogP contribution in [0, 0.1) is 20.8 Å². The van der Waals surface area contributed by atoms with Gasteiger partial charge in [0.15, 0.2) is 5.84 Å². The van der Waals surface area contributed by atoms with Gasteiger partial charge in [0.1, 0.15) is 5.71 Å². The molecule has 0 aliphatic heterocycles. The third-order valence-electron chi connectivity index (χ3n) is 12.0. The molecule has 1 aromatic heterocycles. The molecule has 278 valence electrons. The number of hydrogen-bond donors (Lipinski definition) is 0. The minimum Gasteiger partial charge on any atom is -0.292 e. The summed E-state index contributed by atoms with van der Waals surface area (Å²) >= 11 is 0. The highest BCUT2D eigenvalue weighted by Crippen LogP contribution is 2.46. The van der Waals surface area contributed by atoms with Crippen LogP contribution >= 0.6 is 0 Å². The number of aliphatic imine (C=N–C) groups is 2. The molecule has 0 saturated heterocycles. The average Bonchev–Trinajstić information content (AvgIpc) is 3.61. The molecule has 0 amide bonds. The molecule has 0 aliphatic carbocycles. The summed E-state index contributed by atoms with van der Waals surface area (Å²) in [6.07, 6.45) is 0. The molecule has 0 N–H and O–H groups in total. The van der Waals surface area contributed by atoms with E-state index >= 15 is 0 Å². The van der Waals surface area contributed by atoms with Crippen molar-refractivity contribution in [1.29, 1.82) is 0 Å². The van der Waals surface area contributed by atoms with Gasteiger partial charge in [-0.25, -0.2) is 4.99 Å². The topological polar surface area (TPSA) is 29.6 Å². The predicted molar refractivity (Wildman–Crippen MR) is 251 cm³/mol. The molecule has 0 bridgehead atoms. The Morgan fingerprint density at radius 3 is 1.81 bits per heavy atom. The second kappa shape index (κ2) is 14.1. The molecule has 0 spiro atoms. The summed E-state index contributed by atoms with van der Waals surface area (Å²) < 4.78 is 2.39. The number of aryl methyl sites for hydroxylation is 3. The molecule has 0 aliphatic rings. The van der Waals surface area contributed by atoms with Gasteiger partial charge < -0.3 is 0 Å². The Hall–Kier alpha value is -7.10. The van der Waals surface area contributed by atoms with Crippen molar-refractivity contribution >= 4 is 82.1 Å². The summed E-state index contributed by atoms with van der Waals surface area (Å²) in [4.78, 5) is 11.0. The van der Waals surface area contributed by atoms with Crippen LogP contribution in [0.2, 0.25) is 0 Å². The molecule has 9 aromatic carbocycles. The van der Waals surface area contributed by atoms with Gasteiger partial charge in [-0.1, -0.05) is 164 Å². The van der Waals surface area contributed by atoms with E-state index in [0.29, 0.717) is 12.2 Å². The van der Waals surface area contributed by atoms with E-state index in [9.17, 15) is 0 Å². The van der Waals surface area contributed by atoms with Crippen LogP contribution in [0.1, 0.15) is 34.7 Å². The molecule has 1 heterocycles. The summed E-state index contributed by atoms with van der Waals surface area (Å²) in [5.74, 6) is 0.750.